The summed E-state index contributed by atoms with van der Waals surface area (Å²) in [5.74, 6) is 0.0752. The molecule has 1 saturated carbocycles. The Kier molecular flexibility index (Phi) is 5.77. The largest absolute Gasteiger partial charge is 0.385 e. The maximum Gasteiger partial charge on any atom is 0.221 e. The van der Waals surface area contributed by atoms with Crippen LogP contribution in [0.3, 0.4) is 0 Å². The van der Waals surface area contributed by atoms with Gasteiger partial charge in [-0.3, -0.25) is 4.79 Å². The Balaban J connectivity index is 2.35. The Labute approximate surface area is 97.9 Å². The molecule has 4 nitrogen and oxygen atoms in total. The summed E-state index contributed by atoms with van der Waals surface area (Å²) in [5.41, 5.74) is 5.62. The van der Waals surface area contributed by atoms with Gasteiger partial charge in [0.25, 0.3) is 0 Å². The van der Waals surface area contributed by atoms with E-state index in [4.69, 9.17) is 10.5 Å². The minimum Gasteiger partial charge on any atom is -0.385 e. The highest BCUT2D eigenvalue weighted by molar-refractivity contribution is 5.76. The summed E-state index contributed by atoms with van der Waals surface area (Å²) in [7, 11) is 1.73. The van der Waals surface area contributed by atoms with Gasteiger partial charge in [0.05, 0.1) is 0 Å². The molecule has 3 N–H and O–H groups in total. The van der Waals surface area contributed by atoms with Gasteiger partial charge in [0, 0.05) is 33.2 Å². The standard InChI is InChI=1S/C12H24N2O2/c1-16-9-7-12(5-2-3-6-12)10-14-11(15)4-8-13/h2-10,13H2,1H3,(H,14,15). The molecule has 1 amide bonds. The molecule has 16 heavy (non-hydrogen) atoms. The molecule has 1 fully saturated rings. The SMILES string of the molecule is COCCC1(CNC(=O)CCN)CCCC1. The number of nitrogens with one attached hydrogen (secondary N) is 1. The second-order valence-electron chi connectivity index (χ2n) is 4.77. The summed E-state index contributed by atoms with van der Waals surface area (Å²) in [6, 6.07) is 0. The van der Waals surface area contributed by atoms with E-state index in [1.54, 1.807) is 7.11 Å². The minimum atomic E-state index is 0.0752. The zero-order chi connectivity index (χ0) is 11.9. The number of carbonyl (C=O) groups excluding carboxylic acids is 1. The number of rotatable bonds is 7. The highest BCUT2D eigenvalue weighted by Gasteiger charge is 2.33. The summed E-state index contributed by atoms with van der Waals surface area (Å²) in [4.78, 5) is 11.4. The molecule has 0 heterocycles. The Morgan fingerprint density at radius 1 is 1.44 bits per heavy atom. The van der Waals surface area contributed by atoms with Crippen molar-refractivity contribution in [2.24, 2.45) is 11.1 Å². The lowest BCUT2D eigenvalue weighted by molar-refractivity contribution is -0.121. The lowest BCUT2D eigenvalue weighted by atomic mass is 9.83. The maximum absolute atomic E-state index is 11.4. The summed E-state index contributed by atoms with van der Waals surface area (Å²) < 4.78 is 5.15. The van der Waals surface area contributed by atoms with Crippen LogP contribution in [0.4, 0.5) is 0 Å². The fraction of sp³-hybridized carbons (Fsp3) is 0.917. The number of carbonyl (C=O) groups is 1. The Hall–Kier alpha value is -0.610. The van der Waals surface area contributed by atoms with Crippen molar-refractivity contribution in [2.45, 2.75) is 38.5 Å². The van der Waals surface area contributed by atoms with Gasteiger partial charge in [-0.05, 0) is 24.7 Å². The van der Waals surface area contributed by atoms with Crippen LogP contribution in [0.5, 0.6) is 0 Å². The van der Waals surface area contributed by atoms with E-state index in [-0.39, 0.29) is 11.3 Å². The molecule has 0 unspecified atom stereocenters. The monoisotopic (exact) mass is 228 g/mol. The highest BCUT2D eigenvalue weighted by Crippen LogP contribution is 2.40. The average Bonchev–Trinajstić information content (AvgIpc) is 2.74. The van der Waals surface area contributed by atoms with Gasteiger partial charge in [0.1, 0.15) is 0 Å². The van der Waals surface area contributed by atoms with Crippen LogP contribution >= 0.6 is 0 Å². The van der Waals surface area contributed by atoms with Crippen molar-refractivity contribution in [1.82, 2.24) is 5.32 Å². The van der Waals surface area contributed by atoms with E-state index in [1.165, 1.54) is 25.7 Å². The molecule has 0 aromatic rings. The van der Waals surface area contributed by atoms with Gasteiger partial charge >= 0.3 is 0 Å². The maximum atomic E-state index is 11.4. The van der Waals surface area contributed by atoms with Crippen LogP contribution in [0, 0.1) is 5.41 Å². The molecule has 0 atom stereocenters. The van der Waals surface area contributed by atoms with Gasteiger partial charge in [-0.15, -0.1) is 0 Å². The molecule has 1 rings (SSSR count). The van der Waals surface area contributed by atoms with E-state index in [9.17, 15) is 4.79 Å². The van der Waals surface area contributed by atoms with Crippen molar-refractivity contribution in [3.63, 3.8) is 0 Å². The minimum absolute atomic E-state index is 0.0752. The van der Waals surface area contributed by atoms with Gasteiger partial charge in [-0.1, -0.05) is 12.8 Å². The molecular weight excluding hydrogens is 204 g/mol. The first-order valence-electron chi connectivity index (χ1n) is 6.18. The van der Waals surface area contributed by atoms with Crippen LogP contribution in [-0.2, 0) is 9.53 Å². The van der Waals surface area contributed by atoms with Crippen molar-refractivity contribution >= 4 is 5.91 Å². The van der Waals surface area contributed by atoms with Crippen LogP contribution in [-0.4, -0.2) is 32.7 Å². The fourth-order valence-electron chi connectivity index (χ4n) is 2.46. The van der Waals surface area contributed by atoms with E-state index >= 15 is 0 Å². The number of ether oxygens (including phenoxy) is 1. The molecule has 1 aliphatic carbocycles. The fourth-order valence-corrected chi connectivity index (χ4v) is 2.46. The van der Waals surface area contributed by atoms with E-state index in [0.29, 0.717) is 13.0 Å². The van der Waals surface area contributed by atoms with Crippen molar-refractivity contribution in [3.8, 4) is 0 Å². The van der Waals surface area contributed by atoms with Crippen LogP contribution in [0.2, 0.25) is 0 Å². The summed E-state index contributed by atoms with van der Waals surface area (Å²) >= 11 is 0. The van der Waals surface area contributed by atoms with E-state index < -0.39 is 0 Å². The average molecular weight is 228 g/mol. The Morgan fingerprint density at radius 2 is 2.12 bits per heavy atom. The molecule has 1 aliphatic rings. The first-order chi connectivity index (χ1) is 7.72. The van der Waals surface area contributed by atoms with E-state index in [2.05, 4.69) is 5.32 Å². The van der Waals surface area contributed by atoms with Gasteiger partial charge < -0.3 is 15.8 Å². The zero-order valence-electron chi connectivity index (χ0n) is 10.3. The molecule has 0 saturated heterocycles. The number of nitrogens with two attached hydrogens (primary N) is 1. The third kappa shape index (κ3) is 4.10. The molecule has 0 spiro atoms. The number of hydrogen-bond acceptors (Lipinski definition) is 3. The van der Waals surface area contributed by atoms with Crippen LogP contribution in [0.25, 0.3) is 0 Å². The smallest absolute Gasteiger partial charge is 0.221 e. The zero-order valence-corrected chi connectivity index (χ0v) is 10.3. The lowest BCUT2D eigenvalue weighted by Crippen LogP contribution is -2.37. The molecule has 94 valence electrons. The molecule has 0 aromatic carbocycles. The number of methoxy groups -OCH3 is 1. The van der Waals surface area contributed by atoms with Crippen LogP contribution in [0.15, 0.2) is 0 Å². The second kappa shape index (κ2) is 6.86. The van der Waals surface area contributed by atoms with Crippen LogP contribution < -0.4 is 11.1 Å². The van der Waals surface area contributed by atoms with Gasteiger partial charge in [-0.25, -0.2) is 0 Å². The topological polar surface area (TPSA) is 64.3 Å². The van der Waals surface area contributed by atoms with Gasteiger partial charge in [0.15, 0.2) is 0 Å². The van der Waals surface area contributed by atoms with Crippen molar-refractivity contribution in [1.29, 1.82) is 0 Å². The Bertz CT molecular complexity index is 213. The normalized spacial score (nSPS) is 18.6. The summed E-state index contributed by atoms with van der Waals surface area (Å²) in [6.45, 7) is 2.00. The Morgan fingerprint density at radius 3 is 2.69 bits per heavy atom. The van der Waals surface area contributed by atoms with E-state index in [1.807, 2.05) is 0 Å². The van der Waals surface area contributed by atoms with Gasteiger partial charge in [-0.2, -0.15) is 0 Å². The predicted octanol–water partition coefficient (Wildman–Crippen LogP) is 1.05. The number of hydrogen-bond donors (Lipinski definition) is 2. The molecule has 0 bridgehead atoms. The number of amides is 1. The van der Waals surface area contributed by atoms with Crippen LogP contribution in [0.1, 0.15) is 38.5 Å². The molecule has 0 aliphatic heterocycles. The second-order valence-corrected chi connectivity index (χ2v) is 4.77. The van der Waals surface area contributed by atoms with Gasteiger partial charge in [0.2, 0.25) is 5.91 Å². The highest BCUT2D eigenvalue weighted by atomic mass is 16.5. The molecule has 4 heteroatoms. The molecular formula is C12H24N2O2. The van der Waals surface area contributed by atoms with Crippen molar-refractivity contribution < 1.29 is 9.53 Å². The van der Waals surface area contributed by atoms with Crippen molar-refractivity contribution in [2.75, 3.05) is 26.8 Å². The molecule has 0 radical (unpaired) electrons. The molecule has 0 aromatic heterocycles. The lowest BCUT2D eigenvalue weighted by Gasteiger charge is -2.29. The third-order valence-corrected chi connectivity index (χ3v) is 3.53. The summed E-state index contributed by atoms with van der Waals surface area (Å²) in [6.07, 6.45) is 6.44. The first-order valence-corrected chi connectivity index (χ1v) is 6.18. The third-order valence-electron chi connectivity index (χ3n) is 3.53. The first kappa shape index (κ1) is 13.5. The predicted molar refractivity (Wildman–Crippen MR) is 64.1 cm³/mol. The van der Waals surface area contributed by atoms with E-state index in [0.717, 1.165) is 19.6 Å². The summed E-state index contributed by atoms with van der Waals surface area (Å²) in [5, 5.41) is 3.00. The quantitative estimate of drug-likeness (QED) is 0.684. The van der Waals surface area contributed by atoms with Crippen molar-refractivity contribution in [3.05, 3.63) is 0 Å².